The Hall–Kier alpha value is -3.07. The second-order valence-corrected chi connectivity index (χ2v) is 6.99. The van der Waals surface area contributed by atoms with Crippen molar-refractivity contribution < 1.29 is 27.7 Å². The van der Waals surface area contributed by atoms with Gasteiger partial charge in [-0.05, 0) is 30.3 Å². The number of nitrogens with zero attached hydrogens (tertiary/aromatic N) is 1. The number of nitrogens with two attached hydrogens (primary N) is 1. The Bertz CT molecular complexity index is 893. The van der Waals surface area contributed by atoms with Crippen molar-refractivity contribution in [2.45, 2.75) is 12.7 Å². The van der Waals surface area contributed by atoms with Gasteiger partial charge in [-0.1, -0.05) is 18.2 Å². The molecule has 2 aromatic carbocycles. The van der Waals surface area contributed by atoms with E-state index in [-0.39, 0.29) is 5.91 Å². The summed E-state index contributed by atoms with van der Waals surface area (Å²) in [5.74, 6) is -0.156. The van der Waals surface area contributed by atoms with E-state index in [4.69, 9.17) is 5.73 Å². The third kappa shape index (κ3) is 5.47. The maximum atomic E-state index is 12.9. The average molecular weight is 407 g/mol. The van der Waals surface area contributed by atoms with Crippen LogP contribution in [0.2, 0.25) is 0 Å². The summed E-state index contributed by atoms with van der Waals surface area (Å²) in [4.78, 5) is 26.5. The third-order valence-corrected chi connectivity index (χ3v) is 4.84. The van der Waals surface area contributed by atoms with Crippen LogP contribution in [-0.4, -0.2) is 43.0 Å². The summed E-state index contributed by atoms with van der Waals surface area (Å²) in [6.07, 6.45) is -4.35. The fraction of sp³-hybridized carbons (Fsp3) is 0.300. The SMILES string of the molecule is NC(=O)Nc1cccc(C(=O)N2CC[NH+](Cc3cccc(C(F)(F)F)c3)CC2)c1. The number of anilines is 1. The summed E-state index contributed by atoms with van der Waals surface area (Å²) in [7, 11) is 0. The van der Waals surface area contributed by atoms with Crippen molar-refractivity contribution in [2.75, 3.05) is 31.5 Å². The predicted molar refractivity (Wildman–Crippen MR) is 101 cm³/mol. The molecule has 1 aliphatic rings. The topological polar surface area (TPSA) is 79.9 Å². The van der Waals surface area contributed by atoms with Gasteiger partial charge in [0.2, 0.25) is 0 Å². The lowest BCUT2D eigenvalue weighted by molar-refractivity contribution is -0.917. The third-order valence-electron chi connectivity index (χ3n) is 4.84. The van der Waals surface area contributed by atoms with Crippen LogP contribution in [0.15, 0.2) is 48.5 Å². The first-order valence-electron chi connectivity index (χ1n) is 9.18. The van der Waals surface area contributed by atoms with E-state index < -0.39 is 17.8 Å². The van der Waals surface area contributed by atoms with Gasteiger partial charge in [-0.25, -0.2) is 4.79 Å². The fourth-order valence-electron chi connectivity index (χ4n) is 3.40. The van der Waals surface area contributed by atoms with Crippen molar-refractivity contribution in [3.05, 3.63) is 65.2 Å². The zero-order valence-corrected chi connectivity index (χ0v) is 15.6. The number of carbonyl (C=O) groups excluding carboxylic acids is 2. The molecule has 2 aromatic rings. The van der Waals surface area contributed by atoms with E-state index in [1.165, 1.54) is 12.1 Å². The quantitative estimate of drug-likeness (QED) is 0.722. The molecule has 4 N–H and O–H groups in total. The number of amides is 3. The van der Waals surface area contributed by atoms with Gasteiger partial charge < -0.3 is 20.9 Å². The molecule has 3 amide bonds. The highest BCUT2D eigenvalue weighted by molar-refractivity contribution is 5.96. The van der Waals surface area contributed by atoms with Crippen LogP contribution in [0.25, 0.3) is 0 Å². The van der Waals surface area contributed by atoms with Crippen molar-refractivity contribution in [1.82, 2.24) is 4.90 Å². The monoisotopic (exact) mass is 407 g/mol. The molecule has 1 saturated heterocycles. The molecule has 0 aliphatic carbocycles. The molecule has 29 heavy (non-hydrogen) atoms. The largest absolute Gasteiger partial charge is 0.416 e. The van der Waals surface area contributed by atoms with Gasteiger partial charge in [0.1, 0.15) is 6.54 Å². The van der Waals surface area contributed by atoms with Gasteiger partial charge in [0.15, 0.2) is 0 Å². The number of quaternary nitrogens is 1. The molecule has 0 bridgehead atoms. The number of primary amides is 1. The van der Waals surface area contributed by atoms with Crippen molar-refractivity contribution in [3.63, 3.8) is 0 Å². The first kappa shape index (κ1) is 20.7. The molecule has 0 saturated carbocycles. The van der Waals surface area contributed by atoms with Crippen LogP contribution in [0.1, 0.15) is 21.5 Å². The fourth-order valence-corrected chi connectivity index (χ4v) is 3.40. The Morgan fingerprint density at radius 3 is 2.41 bits per heavy atom. The Morgan fingerprint density at radius 2 is 1.76 bits per heavy atom. The van der Waals surface area contributed by atoms with Crippen LogP contribution in [0, 0.1) is 0 Å². The smallest absolute Gasteiger partial charge is 0.351 e. The van der Waals surface area contributed by atoms with E-state index in [1.807, 2.05) is 0 Å². The number of hydrogen-bond acceptors (Lipinski definition) is 2. The van der Waals surface area contributed by atoms with Gasteiger partial charge in [-0.2, -0.15) is 13.2 Å². The molecule has 6 nitrogen and oxygen atoms in total. The molecule has 1 aliphatic heterocycles. The van der Waals surface area contributed by atoms with E-state index in [1.54, 1.807) is 35.2 Å². The van der Waals surface area contributed by atoms with Crippen molar-refractivity contribution >= 4 is 17.6 Å². The molecule has 0 spiro atoms. The Morgan fingerprint density at radius 1 is 1.07 bits per heavy atom. The van der Waals surface area contributed by atoms with Gasteiger partial charge in [-0.3, -0.25) is 4.79 Å². The Kier molecular flexibility index (Phi) is 6.07. The maximum Gasteiger partial charge on any atom is 0.416 e. The summed E-state index contributed by atoms with van der Waals surface area (Å²) in [6.45, 7) is 2.76. The minimum Gasteiger partial charge on any atom is -0.351 e. The number of piperazine rings is 1. The van der Waals surface area contributed by atoms with Crippen LogP contribution < -0.4 is 16.0 Å². The summed E-state index contributed by atoms with van der Waals surface area (Å²) >= 11 is 0. The summed E-state index contributed by atoms with van der Waals surface area (Å²) in [6, 6.07) is 11.2. The van der Waals surface area contributed by atoms with Crippen LogP contribution in [-0.2, 0) is 12.7 Å². The number of urea groups is 1. The molecular formula is C20H22F3N4O2+. The van der Waals surface area contributed by atoms with E-state index in [0.717, 1.165) is 11.0 Å². The van der Waals surface area contributed by atoms with E-state index in [0.29, 0.717) is 49.5 Å². The number of halogens is 3. The first-order chi connectivity index (χ1) is 13.7. The molecule has 1 heterocycles. The molecule has 3 rings (SSSR count). The van der Waals surface area contributed by atoms with Crippen LogP contribution in [0.5, 0.6) is 0 Å². The summed E-state index contributed by atoms with van der Waals surface area (Å²) in [5.41, 5.74) is 5.96. The van der Waals surface area contributed by atoms with E-state index in [2.05, 4.69) is 5.32 Å². The molecule has 0 unspecified atom stereocenters. The lowest BCUT2D eigenvalue weighted by Gasteiger charge is -2.32. The summed E-state index contributed by atoms with van der Waals surface area (Å²) in [5, 5.41) is 2.44. The minimum absolute atomic E-state index is 0.156. The number of hydrogen-bond donors (Lipinski definition) is 3. The second-order valence-electron chi connectivity index (χ2n) is 6.99. The van der Waals surface area contributed by atoms with Crippen LogP contribution in [0.4, 0.5) is 23.7 Å². The highest BCUT2D eigenvalue weighted by Gasteiger charge is 2.31. The summed E-state index contributed by atoms with van der Waals surface area (Å²) < 4.78 is 38.6. The number of alkyl halides is 3. The number of carbonyl (C=O) groups is 2. The normalized spacial score (nSPS) is 15.2. The van der Waals surface area contributed by atoms with Crippen molar-refractivity contribution in [1.29, 1.82) is 0 Å². The first-order valence-corrected chi connectivity index (χ1v) is 9.18. The Labute approximate surface area is 166 Å². The maximum absolute atomic E-state index is 12.9. The van der Waals surface area contributed by atoms with E-state index in [9.17, 15) is 22.8 Å². The molecule has 0 atom stereocenters. The molecule has 0 radical (unpaired) electrons. The van der Waals surface area contributed by atoms with Gasteiger partial charge >= 0.3 is 12.2 Å². The molecule has 0 aromatic heterocycles. The lowest BCUT2D eigenvalue weighted by Crippen LogP contribution is -3.13. The highest BCUT2D eigenvalue weighted by Crippen LogP contribution is 2.29. The van der Waals surface area contributed by atoms with Gasteiger partial charge in [0, 0.05) is 16.8 Å². The van der Waals surface area contributed by atoms with Crippen LogP contribution in [0.3, 0.4) is 0 Å². The number of benzene rings is 2. The number of nitrogens with one attached hydrogen (secondary N) is 2. The highest BCUT2D eigenvalue weighted by atomic mass is 19.4. The molecule has 1 fully saturated rings. The van der Waals surface area contributed by atoms with Gasteiger partial charge in [0.05, 0.1) is 31.7 Å². The van der Waals surface area contributed by atoms with Crippen LogP contribution >= 0.6 is 0 Å². The zero-order chi connectivity index (χ0) is 21.0. The second kappa shape index (κ2) is 8.52. The van der Waals surface area contributed by atoms with Gasteiger partial charge in [0.25, 0.3) is 5.91 Å². The molecular weight excluding hydrogens is 385 g/mol. The molecule has 9 heteroatoms. The number of rotatable bonds is 4. The lowest BCUT2D eigenvalue weighted by atomic mass is 10.1. The predicted octanol–water partition coefficient (Wildman–Crippen LogP) is 1.74. The zero-order valence-electron chi connectivity index (χ0n) is 15.6. The average Bonchev–Trinajstić information content (AvgIpc) is 2.67. The van der Waals surface area contributed by atoms with E-state index >= 15 is 0 Å². The standard InChI is InChI=1S/C20H21F3N4O2/c21-20(22,23)16-5-1-3-14(11-16)13-26-7-9-27(10-8-26)18(28)15-4-2-6-17(12-15)25-19(24)29/h1-6,11-12H,7-10,13H2,(H3,24,25,29)/p+1. The minimum atomic E-state index is -4.35. The van der Waals surface area contributed by atoms with Gasteiger partial charge in [-0.15, -0.1) is 0 Å². The van der Waals surface area contributed by atoms with Crippen molar-refractivity contribution in [3.8, 4) is 0 Å². The molecule has 154 valence electrons. The Balaban J connectivity index is 1.58. The van der Waals surface area contributed by atoms with Crippen molar-refractivity contribution in [2.24, 2.45) is 5.73 Å².